The van der Waals surface area contributed by atoms with Crippen molar-refractivity contribution in [3.63, 3.8) is 0 Å². The third kappa shape index (κ3) is 5.62. The summed E-state index contributed by atoms with van der Waals surface area (Å²) in [4.78, 5) is 10.4. The molecule has 0 aromatic rings. The Labute approximate surface area is 72.1 Å². The first-order valence-corrected chi connectivity index (χ1v) is 3.71. The van der Waals surface area contributed by atoms with E-state index in [1.54, 1.807) is 6.08 Å². The molecular formula is C9H11ClO. The predicted molar refractivity (Wildman–Crippen MR) is 48.6 cm³/mol. The molecular weight excluding hydrogens is 160 g/mol. The standard InChI is InChI=1S/C9H11ClO/c1-3-5-6-8(4-2)7-9(10)11/h3-6H,2,7H2,1H3/b5-3-,8-6+. The Morgan fingerprint density at radius 1 is 1.64 bits per heavy atom. The first-order valence-electron chi connectivity index (χ1n) is 3.33. The molecule has 0 aromatic heterocycles. The van der Waals surface area contributed by atoms with Gasteiger partial charge in [-0.25, -0.2) is 0 Å². The SMILES string of the molecule is C=C/C(=C\C=C/C)CC(=O)Cl. The summed E-state index contributed by atoms with van der Waals surface area (Å²) in [5, 5.41) is -0.361. The van der Waals surface area contributed by atoms with Gasteiger partial charge in [-0.2, -0.15) is 0 Å². The van der Waals surface area contributed by atoms with Crippen molar-refractivity contribution in [2.24, 2.45) is 0 Å². The van der Waals surface area contributed by atoms with Gasteiger partial charge in [0.2, 0.25) is 5.24 Å². The molecule has 0 bridgehead atoms. The van der Waals surface area contributed by atoms with Gasteiger partial charge >= 0.3 is 0 Å². The van der Waals surface area contributed by atoms with E-state index in [4.69, 9.17) is 11.6 Å². The minimum absolute atomic E-state index is 0.245. The Morgan fingerprint density at radius 3 is 2.64 bits per heavy atom. The number of allylic oxidation sites excluding steroid dienone is 5. The molecule has 0 atom stereocenters. The maximum absolute atomic E-state index is 10.4. The number of carbonyl (C=O) groups is 1. The molecule has 0 saturated heterocycles. The lowest BCUT2D eigenvalue weighted by atomic mass is 10.2. The molecule has 0 amide bonds. The van der Waals surface area contributed by atoms with E-state index in [1.807, 2.05) is 25.2 Å². The van der Waals surface area contributed by atoms with E-state index in [9.17, 15) is 4.79 Å². The van der Waals surface area contributed by atoms with Crippen molar-refractivity contribution < 1.29 is 4.79 Å². The maximum Gasteiger partial charge on any atom is 0.226 e. The zero-order valence-corrected chi connectivity index (χ0v) is 7.27. The van der Waals surface area contributed by atoms with E-state index in [1.165, 1.54) is 0 Å². The molecule has 0 saturated carbocycles. The molecule has 0 aromatic carbocycles. The number of hydrogen-bond donors (Lipinski definition) is 0. The third-order valence-electron chi connectivity index (χ3n) is 1.11. The maximum atomic E-state index is 10.4. The normalized spacial score (nSPS) is 12.0. The average molecular weight is 171 g/mol. The topological polar surface area (TPSA) is 17.1 Å². The monoisotopic (exact) mass is 170 g/mol. The van der Waals surface area contributed by atoms with E-state index < -0.39 is 0 Å². The van der Waals surface area contributed by atoms with Crippen LogP contribution in [-0.2, 0) is 4.79 Å². The molecule has 0 aliphatic rings. The summed E-state index contributed by atoms with van der Waals surface area (Å²) in [6, 6.07) is 0. The molecule has 0 heterocycles. The number of rotatable bonds is 4. The van der Waals surface area contributed by atoms with E-state index in [-0.39, 0.29) is 11.7 Å². The summed E-state index contributed by atoms with van der Waals surface area (Å²) in [5.74, 6) is 0. The summed E-state index contributed by atoms with van der Waals surface area (Å²) in [6.45, 7) is 5.46. The van der Waals surface area contributed by atoms with E-state index in [0.717, 1.165) is 5.57 Å². The average Bonchev–Trinajstić information content (AvgIpc) is 1.97. The van der Waals surface area contributed by atoms with Gasteiger partial charge in [-0.3, -0.25) is 4.79 Å². The Balaban J connectivity index is 4.15. The van der Waals surface area contributed by atoms with Gasteiger partial charge in [0.25, 0.3) is 0 Å². The molecule has 0 fully saturated rings. The molecule has 2 heteroatoms. The molecule has 0 aliphatic heterocycles. The van der Waals surface area contributed by atoms with E-state index >= 15 is 0 Å². The lowest BCUT2D eigenvalue weighted by Gasteiger charge is -1.92. The molecule has 0 rings (SSSR count). The van der Waals surface area contributed by atoms with Crippen LogP contribution in [0.25, 0.3) is 0 Å². The highest BCUT2D eigenvalue weighted by molar-refractivity contribution is 6.63. The van der Waals surface area contributed by atoms with Crippen LogP contribution in [0.15, 0.2) is 36.5 Å². The highest BCUT2D eigenvalue weighted by Crippen LogP contribution is 2.05. The summed E-state index contributed by atoms with van der Waals surface area (Å²) in [5.41, 5.74) is 0.836. The van der Waals surface area contributed by atoms with Crippen LogP contribution < -0.4 is 0 Å². The highest BCUT2D eigenvalue weighted by atomic mass is 35.5. The lowest BCUT2D eigenvalue weighted by molar-refractivity contribution is -0.111. The van der Waals surface area contributed by atoms with Crippen LogP contribution in [0, 0.1) is 0 Å². The number of carbonyl (C=O) groups excluding carboxylic acids is 1. The second-order valence-corrected chi connectivity index (χ2v) is 2.42. The quantitative estimate of drug-likeness (QED) is 0.469. The first-order chi connectivity index (χ1) is 5.20. The second kappa shape index (κ2) is 5.93. The van der Waals surface area contributed by atoms with Gasteiger partial charge in [-0.05, 0) is 24.1 Å². The lowest BCUT2D eigenvalue weighted by Crippen LogP contribution is -1.86. The fourth-order valence-corrected chi connectivity index (χ4v) is 0.734. The van der Waals surface area contributed by atoms with Gasteiger partial charge < -0.3 is 0 Å². The van der Waals surface area contributed by atoms with Crippen LogP contribution in [0.3, 0.4) is 0 Å². The molecule has 1 nitrogen and oxygen atoms in total. The van der Waals surface area contributed by atoms with Crippen molar-refractivity contribution in [1.82, 2.24) is 0 Å². The van der Waals surface area contributed by atoms with Gasteiger partial charge in [0.05, 0.1) is 0 Å². The van der Waals surface area contributed by atoms with Crippen molar-refractivity contribution in [3.8, 4) is 0 Å². The molecule has 0 N–H and O–H groups in total. The minimum atomic E-state index is -0.361. The zero-order valence-electron chi connectivity index (χ0n) is 6.51. The van der Waals surface area contributed by atoms with Crippen LogP contribution >= 0.6 is 11.6 Å². The Morgan fingerprint density at radius 2 is 2.27 bits per heavy atom. The van der Waals surface area contributed by atoms with Crippen molar-refractivity contribution in [3.05, 3.63) is 36.5 Å². The predicted octanol–water partition coefficient (Wildman–Crippen LogP) is 2.83. The molecule has 0 aliphatic carbocycles. The van der Waals surface area contributed by atoms with Crippen molar-refractivity contribution in [2.75, 3.05) is 0 Å². The van der Waals surface area contributed by atoms with Crippen molar-refractivity contribution >= 4 is 16.8 Å². The molecule has 60 valence electrons. The van der Waals surface area contributed by atoms with Gasteiger partial charge in [0, 0.05) is 6.42 Å². The largest absolute Gasteiger partial charge is 0.281 e. The van der Waals surface area contributed by atoms with Gasteiger partial charge in [0.1, 0.15) is 0 Å². The Bertz CT molecular complexity index is 202. The van der Waals surface area contributed by atoms with Crippen molar-refractivity contribution in [2.45, 2.75) is 13.3 Å². The highest BCUT2D eigenvalue weighted by Gasteiger charge is 1.96. The summed E-state index contributed by atoms with van der Waals surface area (Å²) >= 11 is 5.18. The Kier molecular flexibility index (Phi) is 5.49. The molecule has 0 spiro atoms. The van der Waals surface area contributed by atoms with Crippen LogP contribution in [0.4, 0.5) is 0 Å². The van der Waals surface area contributed by atoms with Gasteiger partial charge in [-0.1, -0.05) is 30.9 Å². The smallest absolute Gasteiger partial charge is 0.226 e. The second-order valence-electron chi connectivity index (χ2n) is 2.00. The van der Waals surface area contributed by atoms with Crippen LogP contribution in [0.5, 0.6) is 0 Å². The summed E-state index contributed by atoms with van der Waals surface area (Å²) in [6.07, 6.45) is 7.40. The number of hydrogen-bond acceptors (Lipinski definition) is 1. The summed E-state index contributed by atoms with van der Waals surface area (Å²) < 4.78 is 0. The summed E-state index contributed by atoms with van der Waals surface area (Å²) in [7, 11) is 0. The molecule has 11 heavy (non-hydrogen) atoms. The first kappa shape index (κ1) is 10.2. The molecule has 0 radical (unpaired) electrons. The number of halogens is 1. The third-order valence-corrected chi connectivity index (χ3v) is 1.24. The fraction of sp³-hybridized carbons (Fsp3) is 0.222. The van der Waals surface area contributed by atoms with E-state index in [0.29, 0.717) is 0 Å². The van der Waals surface area contributed by atoms with Crippen LogP contribution in [0.2, 0.25) is 0 Å². The molecule has 0 unspecified atom stereocenters. The van der Waals surface area contributed by atoms with Crippen LogP contribution in [0.1, 0.15) is 13.3 Å². The van der Waals surface area contributed by atoms with Crippen LogP contribution in [-0.4, -0.2) is 5.24 Å². The Hall–Kier alpha value is -0.820. The van der Waals surface area contributed by atoms with E-state index in [2.05, 4.69) is 6.58 Å². The minimum Gasteiger partial charge on any atom is -0.281 e. The van der Waals surface area contributed by atoms with Gasteiger partial charge in [-0.15, -0.1) is 0 Å². The zero-order chi connectivity index (χ0) is 8.69. The fourth-order valence-electron chi connectivity index (χ4n) is 0.579. The van der Waals surface area contributed by atoms with Gasteiger partial charge in [0.15, 0.2) is 0 Å². The van der Waals surface area contributed by atoms with Crippen molar-refractivity contribution in [1.29, 1.82) is 0 Å².